The average molecular weight is 278 g/mol. The predicted octanol–water partition coefficient (Wildman–Crippen LogP) is 2.71. The Bertz CT molecular complexity index is 312. The largest absolute Gasteiger partial charge is 0.381 e. The molecule has 5 rings (SSSR count). The molecule has 3 heteroatoms. The van der Waals surface area contributed by atoms with E-state index in [4.69, 9.17) is 10.6 Å². The average Bonchev–Trinajstić information content (AvgIpc) is 2.46. The lowest BCUT2D eigenvalue weighted by atomic mass is 9.50. The molecule has 1 atom stereocenters. The molecular formula is C17H30N2O. The van der Waals surface area contributed by atoms with Crippen LogP contribution in [-0.2, 0) is 4.74 Å². The summed E-state index contributed by atoms with van der Waals surface area (Å²) in [4.78, 5) is 0. The van der Waals surface area contributed by atoms with Crippen LogP contribution in [0.4, 0.5) is 0 Å². The smallest absolute Gasteiger partial charge is 0.0468 e. The summed E-state index contributed by atoms with van der Waals surface area (Å²) in [6.07, 6.45) is 11.3. The molecule has 0 aromatic heterocycles. The van der Waals surface area contributed by atoms with Gasteiger partial charge in [-0.25, -0.2) is 0 Å². The lowest BCUT2D eigenvalue weighted by molar-refractivity contribution is -0.0574. The first-order valence-corrected chi connectivity index (χ1v) is 8.87. The molecule has 4 saturated carbocycles. The van der Waals surface area contributed by atoms with Gasteiger partial charge in [0.1, 0.15) is 0 Å². The second kappa shape index (κ2) is 5.58. The lowest BCUT2D eigenvalue weighted by Crippen LogP contribution is -2.55. The maximum atomic E-state index is 5.99. The standard InChI is InChI=1S/C17H30N2O/c18-19-16(10-11-1-3-20-4-2-11)17-14-6-12-5-13(8-14)9-15(17)7-12/h11-17,19H,1-10,18H2. The van der Waals surface area contributed by atoms with E-state index < -0.39 is 0 Å². The van der Waals surface area contributed by atoms with Crippen molar-refractivity contribution in [1.29, 1.82) is 0 Å². The van der Waals surface area contributed by atoms with Gasteiger partial charge in [-0.3, -0.25) is 11.3 Å². The van der Waals surface area contributed by atoms with E-state index in [0.29, 0.717) is 6.04 Å². The van der Waals surface area contributed by atoms with Gasteiger partial charge in [0, 0.05) is 19.3 Å². The summed E-state index contributed by atoms with van der Waals surface area (Å²) in [6, 6.07) is 0.563. The first-order chi connectivity index (χ1) is 9.83. The summed E-state index contributed by atoms with van der Waals surface area (Å²) >= 11 is 0. The molecule has 114 valence electrons. The Hall–Kier alpha value is -0.120. The molecule has 1 unspecified atom stereocenters. The molecule has 1 aliphatic heterocycles. The Morgan fingerprint density at radius 3 is 2.10 bits per heavy atom. The van der Waals surface area contributed by atoms with Gasteiger partial charge < -0.3 is 4.74 Å². The van der Waals surface area contributed by atoms with E-state index in [9.17, 15) is 0 Å². The minimum atomic E-state index is 0.563. The van der Waals surface area contributed by atoms with Gasteiger partial charge in [0.05, 0.1) is 0 Å². The molecule has 0 radical (unpaired) electrons. The highest BCUT2D eigenvalue weighted by Gasteiger charge is 2.50. The van der Waals surface area contributed by atoms with Crippen LogP contribution in [0.25, 0.3) is 0 Å². The van der Waals surface area contributed by atoms with Gasteiger partial charge in [-0.1, -0.05) is 0 Å². The first-order valence-electron chi connectivity index (χ1n) is 8.87. The van der Waals surface area contributed by atoms with E-state index in [2.05, 4.69) is 5.43 Å². The molecule has 0 spiro atoms. The zero-order valence-corrected chi connectivity index (χ0v) is 12.6. The highest BCUT2D eigenvalue weighted by molar-refractivity contribution is 5.01. The molecule has 4 aliphatic carbocycles. The molecule has 3 N–H and O–H groups in total. The third kappa shape index (κ3) is 2.42. The highest BCUT2D eigenvalue weighted by atomic mass is 16.5. The molecule has 0 aromatic carbocycles. The Balaban J connectivity index is 1.44. The van der Waals surface area contributed by atoms with E-state index in [1.165, 1.54) is 44.9 Å². The van der Waals surface area contributed by atoms with Crippen molar-refractivity contribution < 1.29 is 4.74 Å². The van der Waals surface area contributed by atoms with Gasteiger partial charge in [-0.05, 0) is 86.9 Å². The predicted molar refractivity (Wildman–Crippen MR) is 79.8 cm³/mol. The Morgan fingerprint density at radius 2 is 1.55 bits per heavy atom. The number of nitrogens with two attached hydrogens (primary N) is 1. The second-order valence-electron chi connectivity index (χ2n) is 8.07. The van der Waals surface area contributed by atoms with E-state index in [1.807, 2.05) is 0 Å². The highest BCUT2D eigenvalue weighted by Crippen LogP contribution is 2.57. The number of nitrogens with one attached hydrogen (secondary N) is 1. The second-order valence-corrected chi connectivity index (χ2v) is 8.07. The van der Waals surface area contributed by atoms with Crippen molar-refractivity contribution >= 4 is 0 Å². The van der Waals surface area contributed by atoms with E-state index >= 15 is 0 Å². The van der Waals surface area contributed by atoms with Crippen LogP contribution in [0.5, 0.6) is 0 Å². The fraction of sp³-hybridized carbons (Fsp3) is 1.00. The van der Waals surface area contributed by atoms with Gasteiger partial charge in [-0.2, -0.15) is 0 Å². The molecule has 4 bridgehead atoms. The number of rotatable bonds is 4. The van der Waals surface area contributed by atoms with Gasteiger partial charge in [-0.15, -0.1) is 0 Å². The van der Waals surface area contributed by atoms with Gasteiger partial charge in [0.2, 0.25) is 0 Å². The molecule has 5 fully saturated rings. The minimum absolute atomic E-state index is 0.563. The molecule has 3 nitrogen and oxygen atoms in total. The summed E-state index contributed by atoms with van der Waals surface area (Å²) in [5.74, 6) is 11.8. The van der Waals surface area contributed by atoms with Gasteiger partial charge in [0.15, 0.2) is 0 Å². The molecule has 0 aromatic rings. The zero-order valence-electron chi connectivity index (χ0n) is 12.6. The van der Waals surface area contributed by atoms with Crippen molar-refractivity contribution in [1.82, 2.24) is 5.43 Å². The molecule has 1 saturated heterocycles. The van der Waals surface area contributed by atoms with Crippen LogP contribution in [0, 0.1) is 35.5 Å². The summed E-state index contributed by atoms with van der Waals surface area (Å²) in [5, 5.41) is 0. The zero-order chi connectivity index (χ0) is 13.5. The van der Waals surface area contributed by atoms with Crippen LogP contribution >= 0.6 is 0 Å². The monoisotopic (exact) mass is 278 g/mol. The van der Waals surface area contributed by atoms with Gasteiger partial charge >= 0.3 is 0 Å². The van der Waals surface area contributed by atoms with Crippen molar-refractivity contribution in [3.05, 3.63) is 0 Å². The summed E-state index contributed by atoms with van der Waals surface area (Å²) in [6.45, 7) is 1.92. The van der Waals surface area contributed by atoms with Crippen LogP contribution in [-0.4, -0.2) is 19.3 Å². The number of hydrogen-bond acceptors (Lipinski definition) is 3. The Labute approximate surface area is 123 Å². The Kier molecular flexibility index (Phi) is 3.78. The number of ether oxygens (including phenoxy) is 1. The van der Waals surface area contributed by atoms with E-state index in [1.54, 1.807) is 6.42 Å². The molecule has 1 heterocycles. The molecule has 20 heavy (non-hydrogen) atoms. The van der Waals surface area contributed by atoms with Crippen molar-refractivity contribution in [2.45, 2.75) is 57.4 Å². The quantitative estimate of drug-likeness (QED) is 0.614. The van der Waals surface area contributed by atoms with E-state index in [-0.39, 0.29) is 0 Å². The van der Waals surface area contributed by atoms with Crippen molar-refractivity contribution in [3.8, 4) is 0 Å². The fourth-order valence-electron chi connectivity index (χ4n) is 6.30. The fourth-order valence-corrected chi connectivity index (χ4v) is 6.30. The van der Waals surface area contributed by atoms with E-state index in [0.717, 1.165) is 48.7 Å². The maximum absolute atomic E-state index is 5.99. The summed E-state index contributed by atoms with van der Waals surface area (Å²) in [5.41, 5.74) is 3.24. The SMILES string of the molecule is NNC(CC1CCOCC1)C1C2CC3CC(C2)CC1C3. The van der Waals surface area contributed by atoms with Crippen molar-refractivity contribution in [2.24, 2.45) is 41.4 Å². The van der Waals surface area contributed by atoms with Crippen LogP contribution in [0.2, 0.25) is 0 Å². The number of hydrazine groups is 1. The third-order valence-electron chi connectivity index (χ3n) is 6.91. The lowest BCUT2D eigenvalue weighted by Gasteiger charge is -2.56. The topological polar surface area (TPSA) is 47.3 Å². The molecule has 5 aliphatic rings. The third-order valence-corrected chi connectivity index (χ3v) is 6.91. The van der Waals surface area contributed by atoms with Crippen LogP contribution in [0.1, 0.15) is 51.4 Å². The van der Waals surface area contributed by atoms with Crippen LogP contribution in [0.15, 0.2) is 0 Å². The van der Waals surface area contributed by atoms with Crippen molar-refractivity contribution in [3.63, 3.8) is 0 Å². The molecule has 0 amide bonds. The first kappa shape index (κ1) is 13.5. The van der Waals surface area contributed by atoms with Crippen molar-refractivity contribution in [2.75, 3.05) is 13.2 Å². The summed E-state index contributed by atoms with van der Waals surface area (Å²) in [7, 11) is 0. The van der Waals surface area contributed by atoms with Crippen LogP contribution < -0.4 is 11.3 Å². The Morgan fingerprint density at radius 1 is 0.950 bits per heavy atom. The molecular weight excluding hydrogens is 248 g/mol. The summed E-state index contributed by atoms with van der Waals surface area (Å²) < 4.78 is 5.50. The maximum Gasteiger partial charge on any atom is 0.0468 e. The number of hydrogen-bond donors (Lipinski definition) is 2. The van der Waals surface area contributed by atoms with Crippen LogP contribution in [0.3, 0.4) is 0 Å². The van der Waals surface area contributed by atoms with Gasteiger partial charge in [0.25, 0.3) is 0 Å². The minimum Gasteiger partial charge on any atom is -0.381 e. The normalized spacial score (nSPS) is 45.8.